The van der Waals surface area contributed by atoms with Gasteiger partial charge in [0.25, 0.3) is 13.1 Å². The smallest absolute Gasteiger partial charge is 0.276 e. The third kappa shape index (κ3) is 5.43. The van der Waals surface area contributed by atoms with Crippen molar-refractivity contribution in [3.05, 3.63) is 4.85 Å². The zero-order chi connectivity index (χ0) is 19.1. The molecule has 0 N–H and O–H groups in total. The van der Waals surface area contributed by atoms with Crippen LogP contribution in [0, 0.1) is 40.6 Å². The largest absolute Gasteiger partial charge is 0.303 e. The maximum absolute atomic E-state index is 12.2. The zero-order valence-electron chi connectivity index (χ0n) is 17.3. The predicted molar refractivity (Wildman–Crippen MR) is 102 cm³/mol. The van der Waals surface area contributed by atoms with E-state index in [1.54, 1.807) is 14.0 Å². The summed E-state index contributed by atoms with van der Waals surface area (Å²) in [6.07, 6.45) is 3.84. The van der Waals surface area contributed by atoms with Crippen LogP contribution in [0.1, 0.15) is 74.7 Å². The SMILES string of the molecule is CCCC(C=O)C(C)C(C)(C)C(C)(C)CC(C(C)=O)C(C)C#[N+]C. The van der Waals surface area contributed by atoms with Gasteiger partial charge in [-0.15, -0.1) is 0 Å². The second-order valence-corrected chi connectivity index (χ2v) is 8.55. The van der Waals surface area contributed by atoms with Crippen molar-refractivity contribution in [3.63, 3.8) is 0 Å². The van der Waals surface area contributed by atoms with Crippen LogP contribution in [0.15, 0.2) is 0 Å². The lowest BCUT2D eigenvalue weighted by Crippen LogP contribution is -2.43. The Labute approximate surface area is 149 Å². The summed E-state index contributed by atoms with van der Waals surface area (Å²) in [5.74, 6) is 0.444. The van der Waals surface area contributed by atoms with Crippen LogP contribution in [0.4, 0.5) is 0 Å². The standard InChI is InChI=1S/C21H38NO2/c1-10-11-18(14-23)16(3)21(7,8)20(5,6)12-19(17(4)24)15(2)13-22-9/h14-16,18-19H,10-12H2,1-9H3/q+1. The Morgan fingerprint density at radius 2 is 1.75 bits per heavy atom. The van der Waals surface area contributed by atoms with Crippen LogP contribution in [-0.4, -0.2) is 19.1 Å². The third-order valence-electron chi connectivity index (χ3n) is 6.51. The van der Waals surface area contributed by atoms with Crippen LogP contribution < -0.4 is 0 Å². The van der Waals surface area contributed by atoms with Crippen molar-refractivity contribution in [3.8, 4) is 6.07 Å². The fraction of sp³-hybridized carbons (Fsp3) is 0.857. The molecule has 3 heteroatoms. The van der Waals surface area contributed by atoms with Crippen LogP contribution in [0.25, 0.3) is 4.85 Å². The average molecular weight is 337 g/mol. The van der Waals surface area contributed by atoms with Gasteiger partial charge in [0, 0.05) is 11.8 Å². The summed E-state index contributed by atoms with van der Waals surface area (Å²) < 4.78 is 0. The van der Waals surface area contributed by atoms with Crippen LogP contribution in [0.5, 0.6) is 0 Å². The molecule has 138 valence electrons. The Bertz CT molecular complexity index is 482. The first-order chi connectivity index (χ1) is 11.0. The summed E-state index contributed by atoms with van der Waals surface area (Å²) >= 11 is 0. The molecular weight excluding hydrogens is 298 g/mol. The minimum atomic E-state index is -0.0870. The van der Waals surface area contributed by atoms with Crippen molar-refractivity contribution >= 4 is 12.1 Å². The number of carbonyl (C=O) groups excluding carboxylic acids is 2. The molecule has 0 aromatic heterocycles. The summed E-state index contributed by atoms with van der Waals surface area (Å²) in [5, 5.41) is 0. The van der Waals surface area contributed by atoms with Gasteiger partial charge in [-0.05, 0) is 43.4 Å². The molecule has 0 rings (SSSR count). The van der Waals surface area contributed by atoms with E-state index in [4.69, 9.17) is 0 Å². The van der Waals surface area contributed by atoms with Gasteiger partial charge in [-0.3, -0.25) is 4.79 Å². The molecule has 4 unspecified atom stereocenters. The van der Waals surface area contributed by atoms with Crippen molar-refractivity contribution in [1.82, 2.24) is 0 Å². The Hall–Kier alpha value is -1.17. The topological polar surface area (TPSA) is 38.5 Å². The molecule has 0 saturated heterocycles. The number of nitrogens with zero attached hydrogens (tertiary/aromatic N) is 1. The normalized spacial score (nSPS) is 17.2. The third-order valence-corrected chi connectivity index (χ3v) is 6.51. The molecule has 0 saturated carbocycles. The van der Waals surface area contributed by atoms with Gasteiger partial charge < -0.3 is 4.79 Å². The van der Waals surface area contributed by atoms with E-state index in [1.807, 2.05) is 6.92 Å². The second kappa shape index (κ2) is 9.35. The van der Waals surface area contributed by atoms with Crippen LogP contribution >= 0.6 is 0 Å². The number of aldehydes is 1. The molecule has 4 atom stereocenters. The first kappa shape index (κ1) is 22.8. The molecule has 0 bridgehead atoms. The van der Waals surface area contributed by atoms with Gasteiger partial charge in [0.1, 0.15) is 12.1 Å². The summed E-state index contributed by atoms with van der Waals surface area (Å²) in [7, 11) is 1.70. The first-order valence-electron chi connectivity index (χ1n) is 9.26. The zero-order valence-corrected chi connectivity index (χ0v) is 17.3. The van der Waals surface area contributed by atoms with Crippen molar-refractivity contribution in [1.29, 1.82) is 0 Å². The molecule has 0 heterocycles. The maximum Gasteiger partial charge on any atom is 0.276 e. The molecule has 0 aromatic rings. The number of hydrogen-bond acceptors (Lipinski definition) is 2. The van der Waals surface area contributed by atoms with E-state index in [0.29, 0.717) is 0 Å². The number of ketones is 1. The van der Waals surface area contributed by atoms with E-state index in [2.05, 4.69) is 52.5 Å². The lowest BCUT2D eigenvalue weighted by molar-refractivity contribution is -0.125. The van der Waals surface area contributed by atoms with Gasteiger partial charge in [-0.25, -0.2) is 0 Å². The highest BCUT2D eigenvalue weighted by molar-refractivity contribution is 5.79. The summed E-state index contributed by atoms with van der Waals surface area (Å²) in [6, 6.07) is 3.03. The number of Topliss-reactive ketones (excluding diaryl/α,β-unsaturated/α-hetero) is 1. The van der Waals surface area contributed by atoms with Crippen LogP contribution in [0.3, 0.4) is 0 Å². The Morgan fingerprint density at radius 3 is 2.12 bits per heavy atom. The van der Waals surface area contributed by atoms with Crippen molar-refractivity contribution in [2.45, 2.75) is 74.7 Å². The van der Waals surface area contributed by atoms with Gasteiger partial charge in [0.2, 0.25) is 0 Å². The Kier molecular flexibility index (Phi) is 8.89. The molecule has 0 amide bonds. The molecule has 3 nitrogen and oxygen atoms in total. The molecule has 0 aliphatic rings. The minimum Gasteiger partial charge on any atom is -0.303 e. The molecule has 0 radical (unpaired) electrons. The van der Waals surface area contributed by atoms with E-state index < -0.39 is 0 Å². The van der Waals surface area contributed by atoms with Crippen LogP contribution in [0.2, 0.25) is 0 Å². The lowest BCUT2D eigenvalue weighted by atomic mass is 9.55. The summed E-state index contributed by atoms with van der Waals surface area (Å²) in [5.41, 5.74) is -0.147. The highest BCUT2D eigenvalue weighted by Crippen LogP contribution is 2.51. The molecule has 0 spiro atoms. The molecule has 0 aliphatic heterocycles. The van der Waals surface area contributed by atoms with Gasteiger partial charge in [0.15, 0.2) is 0 Å². The van der Waals surface area contributed by atoms with E-state index in [9.17, 15) is 9.59 Å². The number of rotatable bonds is 10. The van der Waals surface area contributed by atoms with Gasteiger partial charge >= 0.3 is 0 Å². The van der Waals surface area contributed by atoms with E-state index in [1.165, 1.54) is 0 Å². The highest BCUT2D eigenvalue weighted by atomic mass is 16.1. The van der Waals surface area contributed by atoms with E-state index >= 15 is 0 Å². The summed E-state index contributed by atoms with van der Waals surface area (Å²) in [6.45, 7) is 16.9. The van der Waals surface area contributed by atoms with Gasteiger partial charge in [0.05, 0.1) is 5.92 Å². The molecule has 0 aliphatic carbocycles. The first-order valence-corrected chi connectivity index (χ1v) is 9.26. The molecular formula is C21H38NO2+. The predicted octanol–water partition coefficient (Wildman–Crippen LogP) is 5.48. The Balaban J connectivity index is 5.53. The van der Waals surface area contributed by atoms with Gasteiger partial charge in [-0.1, -0.05) is 52.8 Å². The van der Waals surface area contributed by atoms with Crippen LogP contribution in [-0.2, 0) is 9.59 Å². The average Bonchev–Trinajstić information content (AvgIpc) is 2.49. The monoisotopic (exact) mass is 336 g/mol. The van der Waals surface area contributed by atoms with E-state index in [0.717, 1.165) is 25.5 Å². The van der Waals surface area contributed by atoms with Crippen molar-refractivity contribution < 1.29 is 9.59 Å². The molecule has 24 heavy (non-hydrogen) atoms. The Morgan fingerprint density at radius 1 is 1.21 bits per heavy atom. The number of carbonyl (C=O) groups is 2. The summed E-state index contributed by atoms with van der Waals surface area (Å²) in [4.78, 5) is 27.7. The highest BCUT2D eigenvalue weighted by Gasteiger charge is 2.46. The molecule has 0 aromatic carbocycles. The van der Waals surface area contributed by atoms with E-state index in [-0.39, 0.29) is 40.3 Å². The lowest BCUT2D eigenvalue weighted by Gasteiger charge is -2.49. The van der Waals surface area contributed by atoms with Crippen molar-refractivity contribution in [2.24, 2.45) is 34.5 Å². The second-order valence-electron chi connectivity index (χ2n) is 8.55. The fourth-order valence-corrected chi connectivity index (χ4v) is 3.70. The van der Waals surface area contributed by atoms with Gasteiger partial charge in [-0.2, -0.15) is 0 Å². The quantitative estimate of drug-likeness (QED) is 0.495. The number of hydrogen-bond donors (Lipinski definition) is 0. The van der Waals surface area contributed by atoms with Crippen molar-refractivity contribution in [2.75, 3.05) is 7.05 Å². The molecule has 0 fully saturated rings. The minimum absolute atomic E-state index is 0.00962. The maximum atomic E-state index is 12.2. The fourth-order valence-electron chi connectivity index (χ4n) is 3.70.